The van der Waals surface area contributed by atoms with E-state index >= 15 is 0 Å². The molecule has 0 aliphatic heterocycles. The first-order chi connectivity index (χ1) is 11.0. The average Bonchev–Trinajstić information content (AvgIpc) is 2.53. The Morgan fingerprint density at radius 1 is 1.22 bits per heavy atom. The number of pyridine rings is 1. The number of nitrogens with two attached hydrogens (primary N) is 1. The molecule has 3 aromatic rings. The van der Waals surface area contributed by atoms with Crippen molar-refractivity contribution >= 4 is 17.5 Å². The lowest BCUT2D eigenvalue weighted by atomic mass is 10.2. The van der Waals surface area contributed by atoms with Gasteiger partial charge in [-0.3, -0.25) is 4.79 Å². The number of benzene rings is 1. The van der Waals surface area contributed by atoms with E-state index in [1.807, 2.05) is 0 Å². The normalized spacial score (nSPS) is 10.7. The van der Waals surface area contributed by atoms with Gasteiger partial charge in [0.05, 0.1) is 17.3 Å². The molecule has 5 nitrogen and oxygen atoms in total. The SMILES string of the molecule is Nc1nccc(-c2ccn(Cc3ccc(Cl)c(F)c3)c(=O)c2)n1. The maximum Gasteiger partial charge on any atom is 0.251 e. The van der Waals surface area contributed by atoms with Crippen molar-refractivity contribution in [2.75, 3.05) is 5.73 Å². The van der Waals surface area contributed by atoms with Gasteiger partial charge in [0.15, 0.2) is 0 Å². The van der Waals surface area contributed by atoms with Crippen LogP contribution in [0.3, 0.4) is 0 Å². The van der Waals surface area contributed by atoms with E-state index in [1.54, 1.807) is 24.4 Å². The molecule has 0 bridgehead atoms. The quantitative estimate of drug-likeness (QED) is 0.801. The van der Waals surface area contributed by atoms with E-state index in [-0.39, 0.29) is 23.1 Å². The summed E-state index contributed by atoms with van der Waals surface area (Å²) in [5.74, 6) is -0.367. The summed E-state index contributed by atoms with van der Waals surface area (Å²) >= 11 is 5.65. The summed E-state index contributed by atoms with van der Waals surface area (Å²) in [5, 5.41) is 0.0535. The molecule has 1 aromatic carbocycles. The van der Waals surface area contributed by atoms with Crippen LogP contribution in [-0.4, -0.2) is 14.5 Å². The molecule has 0 radical (unpaired) electrons. The monoisotopic (exact) mass is 330 g/mol. The van der Waals surface area contributed by atoms with Crippen LogP contribution in [0.25, 0.3) is 11.3 Å². The number of anilines is 1. The van der Waals surface area contributed by atoms with Crippen molar-refractivity contribution in [1.82, 2.24) is 14.5 Å². The van der Waals surface area contributed by atoms with Crippen molar-refractivity contribution in [3.8, 4) is 11.3 Å². The summed E-state index contributed by atoms with van der Waals surface area (Å²) in [7, 11) is 0. The highest BCUT2D eigenvalue weighted by Gasteiger charge is 2.06. The lowest BCUT2D eigenvalue weighted by molar-refractivity contribution is 0.623. The van der Waals surface area contributed by atoms with Crippen molar-refractivity contribution in [2.24, 2.45) is 0 Å². The van der Waals surface area contributed by atoms with Crippen molar-refractivity contribution in [3.05, 3.63) is 75.5 Å². The molecule has 0 atom stereocenters. The maximum atomic E-state index is 13.5. The van der Waals surface area contributed by atoms with Gasteiger partial charge >= 0.3 is 0 Å². The number of nitrogen functional groups attached to an aromatic ring is 1. The molecule has 3 rings (SSSR count). The predicted molar refractivity (Wildman–Crippen MR) is 86.7 cm³/mol. The van der Waals surface area contributed by atoms with Crippen LogP contribution in [0.2, 0.25) is 5.02 Å². The molecule has 2 N–H and O–H groups in total. The van der Waals surface area contributed by atoms with Crippen LogP contribution in [0.1, 0.15) is 5.56 Å². The number of halogens is 2. The molecule has 0 fully saturated rings. The summed E-state index contributed by atoms with van der Waals surface area (Å²) in [4.78, 5) is 20.1. The van der Waals surface area contributed by atoms with E-state index < -0.39 is 5.82 Å². The standard InChI is InChI=1S/C16H12ClFN4O/c17-12-2-1-10(7-13(12)18)9-22-6-4-11(8-15(22)23)14-3-5-20-16(19)21-14/h1-8H,9H2,(H2,19,20,21). The molecule has 0 aliphatic rings. The number of rotatable bonds is 3. The molecule has 0 unspecified atom stereocenters. The van der Waals surface area contributed by atoms with E-state index in [0.717, 1.165) is 0 Å². The average molecular weight is 331 g/mol. The molecular formula is C16H12ClFN4O. The highest BCUT2D eigenvalue weighted by molar-refractivity contribution is 6.30. The van der Waals surface area contributed by atoms with Gasteiger partial charge in [0, 0.05) is 24.0 Å². The zero-order valence-electron chi connectivity index (χ0n) is 11.9. The summed E-state index contributed by atoms with van der Waals surface area (Å²) < 4.78 is 14.9. The van der Waals surface area contributed by atoms with E-state index in [4.69, 9.17) is 17.3 Å². The Morgan fingerprint density at radius 3 is 2.74 bits per heavy atom. The van der Waals surface area contributed by atoms with E-state index in [2.05, 4.69) is 9.97 Å². The highest BCUT2D eigenvalue weighted by atomic mass is 35.5. The maximum absolute atomic E-state index is 13.5. The number of hydrogen-bond acceptors (Lipinski definition) is 4. The number of aromatic nitrogens is 3. The van der Waals surface area contributed by atoms with Gasteiger partial charge in [-0.05, 0) is 29.8 Å². The second-order valence-corrected chi connectivity index (χ2v) is 5.34. The molecule has 0 spiro atoms. The smallest absolute Gasteiger partial charge is 0.251 e. The van der Waals surface area contributed by atoms with Crippen LogP contribution >= 0.6 is 11.6 Å². The van der Waals surface area contributed by atoms with Crippen LogP contribution in [0, 0.1) is 5.82 Å². The molecule has 0 amide bonds. The fourth-order valence-corrected chi connectivity index (χ4v) is 2.28. The van der Waals surface area contributed by atoms with Gasteiger partial charge in [-0.2, -0.15) is 0 Å². The Hall–Kier alpha value is -2.73. The molecule has 23 heavy (non-hydrogen) atoms. The van der Waals surface area contributed by atoms with Gasteiger partial charge in [0.1, 0.15) is 5.82 Å². The number of hydrogen-bond donors (Lipinski definition) is 1. The van der Waals surface area contributed by atoms with Crippen LogP contribution in [0.5, 0.6) is 0 Å². The van der Waals surface area contributed by atoms with Crippen LogP contribution < -0.4 is 11.3 Å². The van der Waals surface area contributed by atoms with Crippen LogP contribution in [0.4, 0.5) is 10.3 Å². The lowest BCUT2D eigenvalue weighted by Crippen LogP contribution is -2.19. The minimum atomic E-state index is -0.509. The molecule has 116 valence electrons. The topological polar surface area (TPSA) is 73.8 Å². The predicted octanol–water partition coefficient (Wildman–Crippen LogP) is 2.73. The van der Waals surface area contributed by atoms with E-state index in [9.17, 15) is 9.18 Å². The summed E-state index contributed by atoms with van der Waals surface area (Å²) in [6.45, 7) is 0.249. The Morgan fingerprint density at radius 2 is 2.04 bits per heavy atom. The molecule has 2 heterocycles. The van der Waals surface area contributed by atoms with Crippen molar-refractivity contribution < 1.29 is 4.39 Å². The van der Waals surface area contributed by atoms with Crippen molar-refractivity contribution in [3.63, 3.8) is 0 Å². The first-order valence-electron chi connectivity index (χ1n) is 6.76. The lowest BCUT2D eigenvalue weighted by Gasteiger charge is -2.08. The minimum absolute atomic E-state index is 0.0535. The van der Waals surface area contributed by atoms with Gasteiger partial charge in [-0.1, -0.05) is 17.7 Å². The molecule has 0 saturated heterocycles. The third-order valence-corrected chi connectivity index (χ3v) is 3.61. The fraction of sp³-hybridized carbons (Fsp3) is 0.0625. The third-order valence-electron chi connectivity index (χ3n) is 3.30. The summed E-state index contributed by atoms with van der Waals surface area (Å²) in [6.07, 6.45) is 3.15. The Bertz CT molecular complexity index is 926. The first-order valence-corrected chi connectivity index (χ1v) is 7.14. The minimum Gasteiger partial charge on any atom is -0.368 e. The van der Waals surface area contributed by atoms with E-state index in [0.29, 0.717) is 16.8 Å². The Labute approximate surface area is 136 Å². The van der Waals surface area contributed by atoms with Gasteiger partial charge in [0.2, 0.25) is 5.95 Å². The Balaban J connectivity index is 1.90. The number of nitrogens with zero attached hydrogens (tertiary/aromatic N) is 3. The molecule has 0 aliphatic carbocycles. The summed E-state index contributed by atoms with van der Waals surface area (Å²) in [5.41, 5.74) is 7.17. The first kappa shape index (κ1) is 15.2. The van der Waals surface area contributed by atoms with Gasteiger partial charge in [0.25, 0.3) is 5.56 Å². The van der Waals surface area contributed by atoms with Crippen LogP contribution in [0.15, 0.2) is 53.6 Å². The largest absolute Gasteiger partial charge is 0.368 e. The Kier molecular flexibility index (Phi) is 4.08. The fourth-order valence-electron chi connectivity index (χ4n) is 2.17. The molecular weight excluding hydrogens is 319 g/mol. The van der Waals surface area contributed by atoms with Gasteiger partial charge in [-0.15, -0.1) is 0 Å². The summed E-state index contributed by atoms with van der Waals surface area (Å²) in [6, 6.07) is 9.33. The van der Waals surface area contributed by atoms with Gasteiger partial charge in [-0.25, -0.2) is 14.4 Å². The molecule has 0 saturated carbocycles. The third kappa shape index (κ3) is 3.37. The zero-order valence-corrected chi connectivity index (χ0v) is 12.7. The second kappa shape index (κ2) is 6.18. The zero-order chi connectivity index (χ0) is 16.4. The van der Waals surface area contributed by atoms with Crippen LogP contribution in [-0.2, 0) is 6.54 Å². The van der Waals surface area contributed by atoms with E-state index in [1.165, 1.54) is 29.0 Å². The van der Waals surface area contributed by atoms with Gasteiger partial charge < -0.3 is 10.3 Å². The van der Waals surface area contributed by atoms with Crippen molar-refractivity contribution in [1.29, 1.82) is 0 Å². The molecule has 7 heteroatoms. The molecule has 2 aromatic heterocycles. The highest BCUT2D eigenvalue weighted by Crippen LogP contribution is 2.17. The van der Waals surface area contributed by atoms with Crippen molar-refractivity contribution in [2.45, 2.75) is 6.54 Å². The second-order valence-electron chi connectivity index (χ2n) is 4.93.